The van der Waals surface area contributed by atoms with Crippen LogP contribution in [0.25, 0.3) is 0 Å². The lowest BCUT2D eigenvalue weighted by molar-refractivity contribution is 0.688. The second kappa shape index (κ2) is 6.29. The second-order valence-electron chi connectivity index (χ2n) is 2.40. The molecule has 0 aromatic carbocycles. The molecule has 3 nitrogen and oxygen atoms in total. The quantitative estimate of drug-likeness (QED) is 0.802. The Morgan fingerprint density at radius 2 is 2.00 bits per heavy atom. The zero-order valence-corrected chi connectivity index (χ0v) is 8.91. The van der Waals surface area contributed by atoms with Crippen LogP contribution in [0.5, 0.6) is 0 Å². The van der Waals surface area contributed by atoms with E-state index < -0.39 is 0 Å². The Kier molecular flexibility index (Phi) is 7.48. The maximum absolute atomic E-state index is 5.39. The standard InChI is InChI=1S/C7H13N3.2ClH/c1-6-7(2)10(4-3-8)5-9-6;;/h5H,3-4,8H2,1-2H3;2*1H. The summed E-state index contributed by atoms with van der Waals surface area (Å²) in [5.74, 6) is 0. The highest BCUT2D eigenvalue weighted by molar-refractivity contribution is 5.85. The van der Waals surface area contributed by atoms with Crippen molar-refractivity contribution >= 4 is 24.8 Å². The van der Waals surface area contributed by atoms with Crippen molar-refractivity contribution < 1.29 is 0 Å². The largest absolute Gasteiger partial charge is 0.333 e. The normalized spacial score (nSPS) is 8.58. The summed E-state index contributed by atoms with van der Waals surface area (Å²) in [5, 5.41) is 0. The maximum Gasteiger partial charge on any atom is 0.0951 e. The summed E-state index contributed by atoms with van der Waals surface area (Å²) in [4.78, 5) is 4.14. The fraction of sp³-hybridized carbons (Fsp3) is 0.571. The molecule has 1 aromatic heterocycles. The van der Waals surface area contributed by atoms with Gasteiger partial charge in [0.25, 0.3) is 0 Å². The van der Waals surface area contributed by atoms with Crippen LogP contribution < -0.4 is 5.73 Å². The van der Waals surface area contributed by atoms with Gasteiger partial charge in [-0.1, -0.05) is 0 Å². The van der Waals surface area contributed by atoms with E-state index in [2.05, 4.69) is 16.5 Å². The molecule has 0 aliphatic rings. The Bertz CT molecular complexity index is 222. The average Bonchev–Trinajstić information content (AvgIpc) is 2.20. The van der Waals surface area contributed by atoms with Crippen molar-refractivity contribution in [1.82, 2.24) is 9.55 Å². The topological polar surface area (TPSA) is 43.8 Å². The SMILES string of the molecule is Cc1ncn(CCN)c1C.Cl.Cl. The van der Waals surface area contributed by atoms with Gasteiger partial charge in [0.15, 0.2) is 0 Å². The first-order valence-corrected chi connectivity index (χ1v) is 3.44. The van der Waals surface area contributed by atoms with E-state index in [4.69, 9.17) is 5.73 Å². The van der Waals surface area contributed by atoms with Gasteiger partial charge in [0.2, 0.25) is 0 Å². The molecule has 0 radical (unpaired) electrons. The summed E-state index contributed by atoms with van der Waals surface area (Å²) in [6, 6.07) is 0. The molecule has 0 unspecified atom stereocenters. The lowest BCUT2D eigenvalue weighted by atomic mass is 10.4. The zero-order chi connectivity index (χ0) is 7.56. The summed E-state index contributed by atoms with van der Waals surface area (Å²) < 4.78 is 2.06. The van der Waals surface area contributed by atoms with Crippen LogP contribution in [0.15, 0.2) is 6.33 Å². The van der Waals surface area contributed by atoms with Gasteiger partial charge in [-0.05, 0) is 13.8 Å². The van der Waals surface area contributed by atoms with Crippen LogP contribution in [-0.2, 0) is 6.54 Å². The molecule has 1 heterocycles. The van der Waals surface area contributed by atoms with Crippen molar-refractivity contribution in [3.05, 3.63) is 17.7 Å². The number of hydrogen-bond acceptors (Lipinski definition) is 2. The van der Waals surface area contributed by atoms with E-state index in [-0.39, 0.29) is 24.8 Å². The zero-order valence-electron chi connectivity index (χ0n) is 7.28. The van der Waals surface area contributed by atoms with Crippen molar-refractivity contribution in [1.29, 1.82) is 0 Å². The Hall–Kier alpha value is -0.250. The van der Waals surface area contributed by atoms with Gasteiger partial charge in [0, 0.05) is 18.8 Å². The number of imidazole rings is 1. The highest BCUT2D eigenvalue weighted by Gasteiger charge is 1.98. The molecule has 0 spiro atoms. The molecular weight excluding hydrogens is 197 g/mol. The number of rotatable bonds is 2. The van der Waals surface area contributed by atoms with E-state index in [0.29, 0.717) is 6.54 Å². The number of nitrogens with zero attached hydrogens (tertiary/aromatic N) is 2. The third kappa shape index (κ3) is 3.01. The van der Waals surface area contributed by atoms with E-state index in [1.54, 1.807) is 0 Å². The van der Waals surface area contributed by atoms with Crippen LogP contribution in [0.1, 0.15) is 11.4 Å². The summed E-state index contributed by atoms with van der Waals surface area (Å²) in [6.45, 7) is 5.60. The highest BCUT2D eigenvalue weighted by Crippen LogP contribution is 2.02. The first-order chi connectivity index (χ1) is 4.75. The lowest BCUT2D eigenvalue weighted by Gasteiger charge is -2.00. The van der Waals surface area contributed by atoms with Crippen molar-refractivity contribution in [2.24, 2.45) is 5.73 Å². The van der Waals surface area contributed by atoms with Crippen molar-refractivity contribution in [3.63, 3.8) is 0 Å². The van der Waals surface area contributed by atoms with Gasteiger partial charge in [-0.15, -0.1) is 24.8 Å². The van der Waals surface area contributed by atoms with E-state index in [1.165, 1.54) is 5.69 Å². The molecule has 12 heavy (non-hydrogen) atoms. The molecule has 2 N–H and O–H groups in total. The third-order valence-electron chi connectivity index (χ3n) is 1.72. The first-order valence-electron chi connectivity index (χ1n) is 3.44. The Morgan fingerprint density at radius 1 is 1.42 bits per heavy atom. The average molecular weight is 212 g/mol. The summed E-state index contributed by atoms with van der Waals surface area (Å²) in [5.41, 5.74) is 7.69. The van der Waals surface area contributed by atoms with Crippen molar-refractivity contribution in [2.45, 2.75) is 20.4 Å². The number of nitrogens with two attached hydrogens (primary N) is 1. The van der Waals surface area contributed by atoms with Crippen molar-refractivity contribution in [3.8, 4) is 0 Å². The molecule has 0 fully saturated rings. The van der Waals surface area contributed by atoms with Crippen LogP contribution in [-0.4, -0.2) is 16.1 Å². The van der Waals surface area contributed by atoms with Crippen molar-refractivity contribution in [2.75, 3.05) is 6.54 Å². The molecule has 0 amide bonds. The minimum atomic E-state index is 0. The molecule has 0 saturated carbocycles. The Balaban J connectivity index is 0. The van der Waals surface area contributed by atoms with Crippen LogP contribution in [0.3, 0.4) is 0 Å². The van der Waals surface area contributed by atoms with Gasteiger partial charge >= 0.3 is 0 Å². The molecule has 0 atom stereocenters. The van der Waals surface area contributed by atoms with Crippen LogP contribution in [0.4, 0.5) is 0 Å². The molecule has 0 saturated heterocycles. The smallest absolute Gasteiger partial charge is 0.0951 e. The minimum Gasteiger partial charge on any atom is -0.333 e. The molecule has 0 aliphatic carbocycles. The fourth-order valence-corrected chi connectivity index (χ4v) is 0.909. The predicted octanol–water partition coefficient (Wildman–Crippen LogP) is 1.30. The maximum atomic E-state index is 5.39. The third-order valence-corrected chi connectivity index (χ3v) is 1.72. The molecule has 0 bridgehead atoms. The monoisotopic (exact) mass is 211 g/mol. The molecule has 0 aliphatic heterocycles. The van der Waals surface area contributed by atoms with Gasteiger partial charge in [0.05, 0.1) is 12.0 Å². The highest BCUT2D eigenvalue weighted by atomic mass is 35.5. The lowest BCUT2D eigenvalue weighted by Crippen LogP contribution is -2.09. The van der Waals surface area contributed by atoms with Gasteiger partial charge in [-0.3, -0.25) is 0 Å². The first kappa shape index (κ1) is 14.3. The number of aryl methyl sites for hydroxylation is 1. The summed E-state index contributed by atoms with van der Waals surface area (Å²) in [6.07, 6.45) is 1.83. The van der Waals surface area contributed by atoms with Gasteiger partial charge < -0.3 is 10.3 Å². The van der Waals surface area contributed by atoms with Gasteiger partial charge in [-0.25, -0.2) is 4.98 Å². The number of hydrogen-bond donors (Lipinski definition) is 1. The van der Waals surface area contributed by atoms with Crippen LogP contribution in [0, 0.1) is 13.8 Å². The van der Waals surface area contributed by atoms with E-state index in [9.17, 15) is 0 Å². The number of halogens is 2. The van der Waals surface area contributed by atoms with E-state index in [1.807, 2.05) is 13.3 Å². The minimum absolute atomic E-state index is 0. The second-order valence-corrected chi connectivity index (χ2v) is 2.40. The summed E-state index contributed by atoms with van der Waals surface area (Å²) in [7, 11) is 0. The van der Waals surface area contributed by atoms with E-state index in [0.717, 1.165) is 12.2 Å². The number of aromatic nitrogens is 2. The molecular formula is C7H15Cl2N3. The Morgan fingerprint density at radius 3 is 2.33 bits per heavy atom. The molecule has 72 valence electrons. The predicted molar refractivity (Wildman–Crippen MR) is 55.3 cm³/mol. The molecule has 1 aromatic rings. The fourth-order valence-electron chi connectivity index (χ4n) is 0.909. The summed E-state index contributed by atoms with van der Waals surface area (Å²) >= 11 is 0. The van der Waals surface area contributed by atoms with Crippen LogP contribution in [0.2, 0.25) is 0 Å². The molecule has 1 rings (SSSR count). The Labute approximate surface area is 85.2 Å². The van der Waals surface area contributed by atoms with Gasteiger partial charge in [0.1, 0.15) is 0 Å². The van der Waals surface area contributed by atoms with E-state index >= 15 is 0 Å². The van der Waals surface area contributed by atoms with Gasteiger partial charge in [-0.2, -0.15) is 0 Å². The van der Waals surface area contributed by atoms with Crippen LogP contribution >= 0.6 is 24.8 Å². The molecule has 5 heteroatoms.